The maximum absolute atomic E-state index is 11.2. The quantitative estimate of drug-likeness (QED) is 0.316. The molecule has 0 atom stereocenters. The normalized spacial score (nSPS) is 10.9. The number of aryl methyl sites for hydroxylation is 1. The van der Waals surface area contributed by atoms with E-state index < -0.39 is 5.97 Å². The van der Waals surface area contributed by atoms with Gasteiger partial charge in [-0.15, -0.1) is 0 Å². The van der Waals surface area contributed by atoms with Crippen LogP contribution in [0.3, 0.4) is 0 Å². The summed E-state index contributed by atoms with van der Waals surface area (Å²) in [6, 6.07) is 7.40. The fraction of sp³-hybridized carbons (Fsp3) is 0.696. The molecule has 1 aromatic rings. The average molecular weight is 347 g/mol. The van der Waals surface area contributed by atoms with Gasteiger partial charge < -0.3 is 5.11 Å². The number of carbonyl (C=O) groups is 1. The maximum Gasteiger partial charge on any atom is 0.335 e. The third kappa shape index (κ3) is 11.0. The van der Waals surface area contributed by atoms with Crippen LogP contribution in [-0.2, 0) is 6.42 Å². The highest BCUT2D eigenvalue weighted by atomic mass is 16.4. The van der Waals surface area contributed by atoms with Crippen molar-refractivity contribution in [2.45, 2.75) is 103 Å². The van der Waals surface area contributed by atoms with Crippen LogP contribution < -0.4 is 0 Å². The molecule has 1 N–H and O–H groups in total. The van der Waals surface area contributed by atoms with E-state index in [1.54, 1.807) is 12.1 Å². The molecule has 25 heavy (non-hydrogen) atoms. The number of rotatable bonds is 16. The van der Waals surface area contributed by atoms with E-state index in [2.05, 4.69) is 6.92 Å². The number of benzene rings is 1. The summed E-state index contributed by atoms with van der Waals surface area (Å²) in [4.78, 5) is 11.2. The van der Waals surface area contributed by atoms with Crippen molar-refractivity contribution in [3.8, 4) is 0 Å². The zero-order valence-corrected chi connectivity index (χ0v) is 16.3. The molecule has 0 fully saturated rings. The van der Waals surface area contributed by atoms with E-state index >= 15 is 0 Å². The predicted octanol–water partition coefficient (Wildman–Crippen LogP) is 7.41. The van der Waals surface area contributed by atoms with Gasteiger partial charge in [-0.25, -0.2) is 4.79 Å². The van der Waals surface area contributed by atoms with Gasteiger partial charge in [-0.2, -0.15) is 0 Å². The number of carboxylic acid groups (broad SMARTS) is 1. The van der Waals surface area contributed by atoms with Crippen molar-refractivity contribution in [2.24, 2.45) is 0 Å². The van der Waals surface area contributed by atoms with Gasteiger partial charge in [0.2, 0.25) is 0 Å². The second kappa shape index (κ2) is 15.0. The minimum absolute atomic E-state index is 0.470. The van der Waals surface area contributed by atoms with Gasteiger partial charge in [0.05, 0.1) is 5.56 Å². The topological polar surface area (TPSA) is 37.3 Å². The van der Waals surface area contributed by atoms with Gasteiger partial charge in [-0.1, -0.05) is 109 Å². The van der Waals surface area contributed by atoms with Crippen LogP contribution in [0.4, 0.5) is 0 Å². The third-order valence-electron chi connectivity index (χ3n) is 5.05. The molecular formula is C23H38O2. The first-order valence-electron chi connectivity index (χ1n) is 10.6. The monoisotopic (exact) mass is 346 g/mol. The van der Waals surface area contributed by atoms with Crippen LogP contribution in [0.5, 0.6) is 0 Å². The molecule has 0 aliphatic rings. The zero-order chi connectivity index (χ0) is 18.2. The highest BCUT2D eigenvalue weighted by molar-refractivity contribution is 5.89. The Hall–Kier alpha value is -1.31. The summed E-state index contributed by atoms with van der Waals surface area (Å²) >= 11 is 0. The minimum atomic E-state index is -0.805. The van der Waals surface area contributed by atoms with Crippen LogP contribution in [0.1, 0.15) is 113 Å². The van der Waals surface area contributed by atoms with Crippen molar-refractivity contribution in [1.82, 2.24) is 0 Å². The van der Waals surface area contributed by atoms with Crippen LogP contribution >= 0.6 is 0 Å². The molecule has 0 bridgehead atoms. The fourth-order valence-electron chi connectivity index (χ4n) is 3.46. The van der Waals surface area contributed by atoms with E-state index in [0.29, 0.717) is 5.56 Å². The van der Waals surface area contributed by atoms with Crippen molar-refractivity contribution >= 4 is 5.97 Å². The molecule has 0 heterocycles. The molecule has 0 amide bonds. The summed E-state index contributed by atoms with van der Waals surface area (Å²) in [5.74, 6) is -0.805. The summed E-state index contributed by atoms with van der Waals surface area (Å²) in [7, 11) is 0. The van der Waals surface area contributed by atoms with E-state index in [1.807, 2.05) is 12.1 Å². The van der Waals surface area contributed by atoms with Crippen molar-refractivity contribution in [2.75, 3.05) is 0 Å². The standard InChI is InChI=1S/C23H38O2/c1-2-3-4-5-6-7-8-9-10-11-12-13-14-15-18-21-19-16-17-20-22(21)23(24)25/h16-17,19-20H,2-15,18H2,1H3,(H,24,25). The zero-order valence-electron chi connectivity index (χ0n) is 16.3. The Morgan fingerprint density at radius 3 is 1.64 bits per heavy atom. The van der Waals surface area contributed by atoms with E-state index in [4.69, 9.17) is 0 Å². The predicted molar refractivity (Wildman–Crippen MR) is 107 cm³/mol. The van der Waals surface area contributed by atoms with Crippen LogP contribution in [0.2, 0.25) is 0 Å². The molecule has 0 saturated heterocycles. The smallest absolute Gasteiger partial charge is 0.335 e. The van der Waals surface area contributed by atoms with Crippen molar-refractivity contribution in [3.63, 3.8) is 0 Å². The lowest BCUT2D eigenvalue weighted by Gasteiger charge is -2.06. The van der Waals surface area contributed by atoms with Gasteiger partial charge in [0.25, 0.3) is 0 Å². The summed E-state index contributed by atoms with van der Waals surface area (Å²) < 4.78 is 0. The first-order chi connectivity index (χ1) is 12.3. The third-order valence-corrected chi connectivity index (χ3v) is 5.05. The van der Waals surface area contributed by atoms with Gasteiger partial charge in [-0.05, 0) is 24.5 Å². The molecule has 0 aliphatic heterocycles. The molecule has 0 aliphatic carbocycles. The Kier molecular flexibility index (Phi) is 13.0. The lowest BCUT2D eigenvalue weighted by molar-refractivity contribution is 0.0695. The molecule has 142 valence electrons. The van der Waals surface area contributed by atoms with Crippen molar-refractivity contribution < 1.29 is 9.90 Å². The van der Waals surface area contributed by atoms with Crippen LogP contribution in [0.25, 0.3) is 0 Å². The van der Waals surface area contributed by atoms with Gasteiger partial charge in [0.1, 0.15) is 0 Å². The highest BCUT2D eigenvalue weighted by Gasteiger charge is 2.07. The van der Waals surface area contributed by atoms with Crippen LogP contribution in [-0.4, -0.2) is 11.1 Å². The fourth-order valence-corrected chi connectivity index (χ4v) is 3.46. The number of hydrogen-bond acceptors (Lipinski definition) is 1. The summed E-state index contributed by atoms with van der Waals surface area (Å²) in [6.07, 6.45) is 19.8. The van der Waals surface area contributed by atoms with Gasteiger partial charge >= 0.3 is 5.97 Å². The molecule has 2 heteroatoms. The molecule has 2 nitrogen and oxygen atoms in total. The first kappa shape index (κ1) is 21.7. The van der Waals surface area contributed by atoms with E-state index in [0.717, 1.165) is 18.4 Å². The lowest BCUT2D eigenvalue weighted by atomic mass is 10.00. The Balaban J connectivity index is 1.90. The van der Waals surface area contributed by atoms with Gasteiger partial charge in [0.15, 0.2) is 0 Å². The summed E-state index contributed by atoms with van der Waals surface area (Å²) in [5, 5.41) is 9.18. The Morgan fingerprint density at radius 1 is 0.720 bits per heavy atom. The molecule has 1 rings (SSSR count). The number of hydrogen-bond donors (Lipinski definition) is 1. The largest absolute Gasteiger partial charge is 0.478 e. The van der Waals surface area contributed by atoms with Gasteiger partial charge in [-0.3, -0.25) is 0 Å². The molecular weight excluding hydrogens is 308 g/mol. The molecule has 0 radical (unpaired) electrons. The first-order valence-corrected chi connectivity index (χ1v) is 10.6. The molecule has 0 spiro atoms. The van der Waals surface area contributed by atoms with E-state index in [9.17, 15) is 9.90 Å². The summed E-state index contributed by atoms with van der Waals surface area (Å²) in [6.45, 7) is 2.27. The Morgan fingerprint density at radius 2 is 1.16 bits per heavy atom. The maximum atomic E-state index is 11.2. The summed E-state index contributed by atoms with van der Waals surface area (Å²) in [5.41, 5.74) is 1.45. The highest BCUT2D eigenvalue weighted by Crippen LogP contribution is 2.15. The molecule has 0 unspecified atom stereocenters. The van der Waals surface area contributed by atoms with Crippen LogP contribution in [0, 0.1) is 0 Å². The Bertz CT molecular complexity index is 453. The minimum Gasteiger partial charge on any atom is -0.478 e. The number of aromatic carboxylic acids is 1. The van der Waals surface area contributed by atoms with Crippen molar-refractivity contribution in [1.29, 1.82) is 0 Å². The number of carboxylic acids is 1. The van der Waals surface area contributed by atoms with Crippen LogP contribution in [0.15, 0.2) is 24.3 Å². The number of unbranched alkanes of at least 4 members (excludes halogenated alkanes) is 13. The molecule has 0 saturated carbocycles. The lowest BCUT2D eigenvalue weighted by Crippen LogP contribution is -2.02. The average Bonchev–Trinajstić information content (AvgIpc) is 2.62. The second-order valence-corrected chi connectivity index (χ2v) is 7.31. The van der Waals surface area contributed by atoms with Gasteiger partial charge in [0, 0.05) is 0 Å². The van der Waals surface area contributed by atoms with E-state index in [1.165, 1.54) is 83.5 Å². The second-order valence-electron chi connectivity index (χ2n) is 7.31. The van der Waals surface area contributed by atoms with Crippen molar-refractivity contribution in [3.05, 3.63) is 35.4 Å². The molecule has 1 aromatic carbocycles. The molecule has 0 aromatic heterocycles. The SMILES string of the molecule is CCCCCCCCCCCCCCCCc1ccccc1C(=O)O. The Labute approximate surface area is 155 Å². The van der Waals surface area contributed by atoms with E-state index in [-0.39, 0.29) is 0 Å².